The zero-order valence-corrected chi connectivity index (χ0v) is 16.0. The van der Waals surface area contributed by atoms with E-state index in [-0.39, 0.29) is 11.5 Å². The number of amides is 1. The Bertz CT molecular complexity index is 1080. The van der Waals surface area contributed by atoms with Gasteiger partial charge in [0.2, 0.25) is 0 Å². The number of aromatic nitrogens is 3. The summed E-state index contributed by atoms with van der Waals surface area (Å²) in [5.74, 6) is 0.253. The van der Waals surface area contributed by atoms with Crippen LogP contribution in [0.2, 0.25) is 0 Å². The molecule has 1 aliphatic rings. The van der Waals surface area contributed by atoms with Crippen LogP contribution >= 0.6 is 0 Å². The van der Waals surface area contributed by atoms with Crippen LogP contribution in [0.4, 0.5) is 5.69 Å². The van der Waals surface area contributed by atoms with Gasteiger partial charge in [-0.3, -0.25) is 9.59 Å². The molecule has 1 aliphatic carbocycles. The first-order valence-corrected chi connectivity index (χ1v) is 9.45. The van der Waals surface area contributed by atoms with Crippen LogP contribution in [0.25, 0.3) is 0 Å². The molecule has 0 spiro atoms. The molecule has 0 fully saturated rings. The monoisotopic (exact) mass is 378 g/mol. The van der Waals surface area contributed by atoms with Crippen molar-refractivity contribution in [3.8, 4) is 0 Å². The Morgan fingerprint density at radius 3 is 2.75 bits per heavy atom. The predicted octanol–water partition coefficient (Wildman–Crippen LogP) is 3.10. The summed E-state index contributed by atoms with van der Waals surface area (Å²) in [5, 5.41) is 13.7. The molecule has 0 saturated carbocycles. The van der Waals surface area contributed by atoms with Crippen molar-refractivity contribution < 1.29 is 9.32 Å². The van der Waals surface area contributed by atoms with E-state index in [1.54, 1.807) is 13.8 Å². The third-order valence-corrected chi connectivity index (χ3v) is 5.20. The van der Waals surface area contributed by atoms with Crippen molar-refractivity contribution in [2.24, 2.45) is 0 Å². The van der Waals surface area contributed by atoms with Crippen molar-refractivity contribution in [1.82, 2.24) is 15.4 Å². The van der Waals surface area contributed by atoms with Crippen LogP contribution in [0.5, 0.6) is 0 Å². The van der Waals surface area contributed by atoms with E-state index < -0.39 is 0 Å². The molecule has 0 radical (unpaired) electrons. The fourth-order valence-corrected chi connectivity index (χ4v) is 3.83. The first-order valence-electron chi connectivity index (χ1n) is 9.45. The van der Waals surface area contributed by atoms with E-state index in [1.807, 2.05) is 24.3 Å². The molecule has 3 aromatic rings. The van der Waals surface area contributed by atoms with Gasteiger partial charge >= 0.3 is 0 Å². The SMILES string of the molecule is Cc1noc(C)c1C(=O)Nc1cccc(Cc2n[nH]c(=O)c3c2CCCC3)c1. The number of hydrogen-bond donors (Lipinski definition) is 2. The highest BCUT2D eigenvalue weighted by Crippen LogP contribution is 2.23. The van der Waals surface area contributed by atoms with Crippen LogP contribution in [-0.4, -0.2) is 21.3 Å². The lowest BCUT2D eigenvalue weighted by Gasteiger charge is -2.17. The molecule has 0 aliphatic heterocycles. The van der Waals surface area contributed by atoms with Gasteiger partial charge in [-0.25, -0.2) is 5.10 Å². The van der Waals surface area contributed by atoms with Crippen molar-refractivity contribution in [3.63, 3.8) is 0 Å². The van der Waals surface area contributed by atoms with Gasteiger partial charge in [-0.15, -0.1) is 0 Å². The van der Waals surface area contributed by atoms with E-state index in [9.17, 15) is 9.59 Å². The molecule has 0 unspecified atom stereocenters. The lowest BCUT2D eigenvalue weighted by molar-refractivity contribution is 0.102. The number of anilines is 1. The summed E-state index contributed by atoms with van der Waals surface area (Å²) < 4.78 is 5.07. The zero-order valence-electron chi connectivity index (χ0n) is 16.0. The lowest BCUT2D eigenvalue weighted by Crippen LogP contribution is -2.23. The molecule has 1 aromatic carbocycles. The van der Waals surface area contributed by atoms with Gasteiger partial charge in [0.05, 0.1) is 11.4 Å². The number of aryl methyl sites for hydroxylation is 2. The quantitative estimate of drug-likeness (QED) is 0.726. The molecule has 1 amide bonds. The summed E-state index contributed by atoms with van der Waals surface area (Å²) in [4.78, 5) is 24.6. The van der Waals surface area contributed by atoms with Gasteiger partial charge in [0, 0.05) is 17.7 Å². The highest BCUT2D eigenvalue weighted by molar-refractivity contribution is 6.05. The van der Waals surface area contributed by atoms with Gasteiger partial charge < -0.3 is 9.84 Å². The highest BCUT2D eigenvalue weighted by atomic mass is 16.5. The first kappa shape index (κ1) is 18.2. The number of hydrogen-bond acceptors (Lipinski definition) is 5. The van der Waals surface area contributed by atoms with E-state index in [1.165, 1.54) is 0 Å². The number of aromatic amines is 1. The standard InChI is InChI=1S/C21H22N4O3/c1-12-19(13(2)28-25-12)21(27)22-15-7-5-6-14(10-15)11-18-16-8-3-4-9-17(16)20(26)24-23-18/h5-7,10H,3-4,8-9,11H2,1-2H3,(H,22,27)(H,24,26). The third-order valence-electron chi connectivity index (χ3n) is 5.20. The molecule has 0 atom stereocenters. The molecule has 144 valence electrons. The number of nitrogens with one attached hydrogen (secondary N) is 2. The molecule has 0 bridgehead atoms. The van der Waals surface area contributed by atoms with E-state index in [0.717, 1.165) is 48.1 Å². The maximum Gasteiger partial charge on any atom is 0.267 e. The zero-order chi connectivity index (χ0) is 19.7. The second-order valence-electron chi connectivity index (χ2n) is 7.19. The summed E-state index contributed by atoms with van der Waals surface area (Å²) in [6, 6.07) is 7.66. The van der Waals surface area contributed by atoms with E-state index in [4.69, 9.17) is 4.52 Å². The number of rotatable bonds is 4. The van der Waals surface area contributed by atoms with Crippen LogP contribution in [-0.2, 0) is 19.3 Å². The molecule has 4 rings (SSSR count). The first-order chi connectivity index (χ1) is 13.5. The van der Waals surface area contributed by atoms with Crippen LogP contribution in [0.3, 0.4) is 0 Å². The van der Waals surface area contributed by atoms with Gasteiger partial charge in [-0.2, -0.15) is 5.10 Å². The van der Waals surface area contributed by atoms with Crippen LogP contribution < -0.4 is 10.9 Å². The Balaban J connectivity index is 1.57. The molecule has 0 saturated heterocycles. The predicted molar refractivity (Wildman–Crippen MR) is 105 cm³/mol. The van der Waals surface area contributed by atoms with Crippen molar-refractivity contribution >= 4 is 11.6 Å². The second kappa shape index (κ2) is 7.42. The average molecular weight is 378 g/mol. The van der Waals surface area contributed by atoms with Gasteiger partial charge in [0.15, 0.2) is 0 Å². The van der Waals surface area contributed by atoms with E-state index >= 15 is 0 Å². The Morgan fingerprint density at radius 1 is 1.21 bits per heavy atom. The maximum absolute atomic E-state index is 12.6. The molecule has 2 N–H and O–H groups in total. The normalized spacial score (nSPS) is 13.2. The Labute approximate surface area is 162 Å². The van der Waals surface area contributed by atoms with Gasteiger partial charge in [0.25, 0.3) is 11.5 Å². The summed E-state index contributed by atoms with van der Waals surface area (Å²) in [7, 11) is 0. The van der Waals surface area contributed by atoms with Crippen molar-refractivity contribution in [2.45, 2.75) is 46.0 Å². The molecule has 28 heavy (non-hydrogen) atoms. The number of carbonyl (C=O) groups is 1. The minimum absolute atomic E-state index is 0.0704. The molecular weight excluding hydrogens is 356 g/mol. The van der Waals surface area contributed by atoms with E-state index in [2.05, 4.69) is 20.7 Å². The number of carbonyl (C=O) groups excluding carboxylic acids is 1. The number of nitrogens with zero attached hydrogens (tertiary/aromatic N) is 2. The molecule has 7 heteroatoms. The number of H-pyrrole nitrogens is 1. The summed E-state index contributed by atoms with van der Waals surface area (Å²) in [6.07, 6.45) is 4.44. The lowest BCUT2D eigenvalue weighted by atomic mass is 9.90. The Morgan fingerprint density at radius 2 is 2.00 bits per heavy atom. The summed E-state index contributed by atoms with van der Waals surface area (Å²) in [6.45, 7) is 3.46. The van der Waals surface area contributed by atoms with Crippen molar-refractivity contribution in [2.75, 3.05) is 5.32 Å². The topological polar surface area (TPSA) is 101 Å². The second-order valence-corrected chi connectivity index (χ2v) is 7.19. The molecule has 2 aromatic heterocycles. The maximum atomic E-state index is 12.6. The number of fused-ring (bicyclic) bond motifs is 1. The van der Waals surface area contributed by atoms with Crippen LogP contribution in [0.15, 0.2) is 33.6 Å². The summed E-state index contributed by atoms with van der Waals surface area (Å²) in [5.41, 5.74) is 5.53. The van der Waals surface area contributed by atoms with Crippen molar-refractivity contribution in [3.05, 3.63) is 74.0 Å². The largest absolute Gasteiger partial charge is 0.361 e. The number of benzene rings is 1. The molecule has 2 heterocycles. The smallest absolute Gasteiger partial charge is 0.267 e. The molecule has 7 nitrogen and oxygen atoms in total. The minimum Gasteiger partial charge on any atom is -0.361 e. The third kappa shape index (κ3) is 3.47. The Hall–Kier alpha value is -3.22. The minimum atomic E-state index is -0.243. The summed E-state index contributed by atoms with van der Waals surface area (Å²) >= 11 is 0. The highest BCUT2D eigenvalue weighted by Gasteiger charge is 2.19. The fraction of sp³-hybridized carbons (Fsp3) is 0.333. The van der Waals surface area contributed by atoms with Crippen molar-refractivity contribution in [1.29, 1.82) is 0 Å². The van der Waals surface area contributed by atoms with Gasteiger partial charge in [-0.1, -0.05) is 17.3 Å². The molecular formula is C21H22N4O3. The van der Waals surface area contributed by atoms with Crippen LogP contribution in [0.1, 0.15) is 57.0 Å². The van der Waals surface area contributed by atoms with E-state index in [0.29, 0.717) is 29.1 Å². The average Bonchev–Trinajstić information content (AvgIpc) is 3.03. The van der Waals surface area contributed by atoms with Gasteiger partial charge in [0.1, 0.15) is 11.3 Å². The Kier molecular flexibility index (Phi) is 4.81. The van der Waals surface area contributed by atoms with Gasteiger partial charge in [-0.05, 0) is 62.8 Å². The van der Waals surface area contributed by atoms with Crippen LogP contribution in [0, 0.1) is 13.8 Å². The fourth-order valence-electron chi connectivity index (χ4n) is 3.83.